The molecule has 0 saturated carbocycles. The number of hydrogen-bond donors (Lipinski definition) is 3. The lowest BCUT2D eigenvalue weighted by Crippen LogP contribution is -2.43. The van der Waals surface area contributed by atoms with Crippen LogP contribution < -0.4 is 10.6 Å². The molecule has 6 heteroatoms. The molecule has 100 valence electrons. The van der Waals surface area contributed by atoms with Gasteiger partial charge in [0.25, 0.3) is 0 Å². The Morgan fingerprint density at radius 3 is 2.83 bits per heavy atom. The van der Waals surface area contributed by atoms with Crippen molar-refractivity contribution in [3.63, 3.8) is 0 Å². The molecule has 0 spiro atoms. The molecule has 2 rings (SSSR count). The second-order valence-electron chi connectivity index (χ2n) is 4.67. The van der Waals surface area contributed by atoms with Crippen molar-refractivity contribution in [1.82, 2.24) is 9.97 Å². The second-order valence-corrected chi connectivity index (χ2v) is 4.67. The third-order valence-corrected chi connectivity index (χ3v) is 3.54. The van der Waals surface area contributed by atoms with Crippen LogP contribution in [-0.4, -0.2) is 47.0 Å². The lowest BCUT2D eigenvalue weighted by Gasteiger charge is -2.26. The molecule has 0 bridgehead atoms. The summed E-state index contributed by atoms with van der Waals surface area (Å²) in [6.45, 7) is 4.85. The largest absolute Gasteiger partial charge is 0.385 e. The molecule has 1 aliphatic rings. The number of nitrogens with one attached hydrogen (secondary N) is 2. The molecule has 3 N–H and O–H groups in total. The maximum atomic E-state index is 10.4. The predicted molar refractivity (Wildman–Crippen MR) is 69.8 cm³/mol. The van der Waals surface area contributed by atoms with E-state index < -0.39 is 5.60 Å². The molecule has 2 atom stereocenters. The zero-order valence-corrected chi connectivity index (χ0v) is 11.0. The van der Waals surface area contributed by atoms with E-state index in [-0.39, 0.29) is 6.10 Å². The van der Waals surface area contributed by atoms with Gasteiger partial charge in [0.15, 0.2) is 0 Å². The minimum atomic E-state index is -0.822. The summed E-state index contributed by atoms with van der Waals surface area (Å²) in [5.74, 6) is 1.53. The normalized spacial score (nSPS) is 27.2. The van der Waals surface area contributed by atoms with E-state index >= 15 is 0 Å². The Labute approximate surface area is 107 Å². The van der Waals surface area contributed by atoms with E-state index in [9.17, 15) is 5.11 Å². The smallest absolute Gasteiger partial charge is 0.134 e. The quantitative estimate of drug-likeness (QED) is 0.735. The van der Waals surface area contributed by atoms with Crippen molar-refractivity contribution in [3.8, 4) is 0 Å². The van der Waals surface area contributed by atoms with Crippen molar-refractivity contribution in [3.05, 3.63) is 11.9 Å². The average molecular weight is 252 g/mol. The lowest BCUT2D eigenvalue weighted by molar-refractivity contribution is -0.0176. The standard InChI is InChI=1S/C12H20N4O2/c1-8-10(13-3)15-7-16-11(8)14-6-12(17)4-5-18-9(12)2/h7,9,17H,4-6H2,1-3H3,(H2,13,14,15,16). The van der Waals surface area contributed by atoms with Gasteiger partial charge in [0.1, 0.15) is 23.6 Å². The third-order valence-electron chi connectivity index (χ3n) is 3.54. The minimum absolute atomic E-state index is 0.157. The van der Waals surface area contributed by atoms with Gasteiger partial charge < -0.3 is 20.5 Å². The van der Waals surface area contributed by atoms with Crippen molar-refractivity contribution in [2.24, 2.45) is 0 Å². The van der Waals surface area contributed by atoms with E-state index in [2.05, 4.69) is 20.6 Å². The number of aliphatic hydroxyl groups is 1. The summed E-state index contributed by atoms with van der Waals surface area (Å²) in [4.78, 5) is 8.31. The van der Waals surface area contributed by atoms with Crippen molar-refractivity contribution >= 4 is 11.6 Å². The molecule has 1 fully saturated rings. The van der Waals surface area contributed by atoms with Gasteiger partial charge in [0.05, 0.1) is 6.10 Å². The molecule has 0 radical (unpaired) electrons. The predicted octanol–water partition coefficient (Wildman–Crippen LogP) is 0.779. The summed E-state index contributed by atoms with van der Waals surface area (Å²) in [7, 11) is 1.82. The number of rotatable bonds is 4. The van der Waals surface area contributed by atoms with Crippen LogP contribution in [0.2, 0.25) is 0 Å². The third kappa shape index (κ3) is 2.39. The Bertz CT molecular complexity index is 427. The first-order chi connectivity index (χ1) is 8.57. The fourth-order valence-electron chi connectivity index (χ4n) is 2.12. The van der Waals surface area contributed by atoms with E-state index in [0.717, 1.165) is 17.2 Å². The van der Waals surface area contributed by atoms with E-state index in [1.54, 1.807) is 0 Å². The van der Waals surface area contributed by atoms with Gasteiger partial charge >= 0.3 is 0 Å². The van der Waals surface area contributed by atoms with Gasteiger partial charge in [-0.15, -0.1) is 0 Å². The van der Waals surface area contributed by atoms with Gasteiger partial charge in [-0.25, -0.2) is 9.97 Å². The molecular formula is C12H20N4O2. The van der Waals surface area contributed by atoms with Crippen molar-refractivity contribution in [1.29, 1.82) is 0 Å². The van der Waals surface area contributed by atoms with Crippen LogP contribution in [0.3, 0.4) is 0 Å². The monoisotopic (exact) mass is 252 g/mol. The average Bonchev–Trinajstić information content (AvgIpc) is 2.69. The highest BCUT2D eigenvalue weighted by Gasteiger charge is 2.39. The molecule has 0 amide bonds. The molecule has 2 heterocycles. The van der Waals surface area contributed by atoms with Gasteiger partial charge in [0.2, 0.25) is 0 Å². The molecule has 6 nitrogen and oxygen atoms in total. The highest BCUT2D eigenvalue weighted by Crippen LogP contribution is 2.26. The van der Waals surface area contributed by atoms with Crippen LogP contribution in [0, 0.1) is 6.92 Å². The van der Waals surface area contributed by atoms with Crippen molar-refractivity contribution in [2.75, 3.05) is 30.8 Å². The molecule has 0 aromatic carbocycles. The number of anilines is 2. The van der Waals surface area contributed by atoms with Crippen LogP contribution in [0.5, 0.6) is 0 Å². The van der Waals surface area contributed by atoms with Gasteiger partial charge in [-0.1, -0.05) is 0 Å². The second kappa shape index (κ2) is 5.07. The first-order valence-corrected chi connectivity index (χ1v) is 6.14. The van der Waals surface area contributed by atoms with Crippen LogP contribution >= 0.6 is 0 Å². The first-order valence-electron chi connectivity index (χ1n) is 6.14. The van der Waals surface area contributed by atoms with Crippen molar-refractivity contribution in [2.45, 2.75) is 32.0 Å². The number of ether oxygens (including phenoxy) is 1. The van der Waals surface area contributed by atoms with E-state index in [1.807, 2.05) is 20.9 Å². The molecule has 1 aromatic heterocycles. The van der Waals surface area contributed by atoms with Crippen LogP contribution in [-0.2, 0) is 4.74 Å². The fourth-order valence-corrected chi connectivity index (χ4v) is 2.12. The van der Waals surface area contributed by atoms with Gasteiger partial charge in [-0.05, 0) is 13.8 Å². The van der Waals surface area contributed by atoms with Crippen LogP contribution in [0.25, 0.3) is 0 Å². The number of nitrogens with zero attached hydrogens (tertiary/aromatic N) is 2. The maximum absolute atomic E-state index is 10.4. The Hall–Kier alpha value is -1.40. The minimum Gasteiger partial charge on any atom is -0.385 e. The van der Waals surface area contributed by atoms with Gasteiger partial charge in [-0.3, -0.25) is 0 Å². The number of aromatic nitrogens is 2. The van der Waals surface area contributed by atoms with Gasteiger partial charge in [-0.2, -0.15) is 0 Å². The molecular weight excluding hydrogens is 232 g/mol. The first kappa shape index (κ1) is 13.0. The highest BCUT2D eigenvalue weighted by molar-refractivity contribution is 5.56. The highest BCUT2D eigenvalue weighted by atomic mass is 16.5. The Balaban J connectivity index is 2.06. The zero-order chi connectivity index (χ0) is 13.2. The SMILES string of the molecule is CNc1ncnc(NCC2(O)CCOC2C)c1C. The van der Waals surface area contributed by atoms with E-state index in [4.69, 9.17) is 4.74 Å². The summed E-state index contributed by atoms with van der Waals surface area (Å²) in [6.07, 6.45) is 1.99. The van der Waals surface area contributed by atoms with E-state index in [1.165, 1.54) is 6.33 Å². The van der Waals surface area contributed by atoms with Gasteiger partial charge in [0, 0.05) is 32.2 Å². The summed E-state index contributed by atoms with van der Waals surface area (Å²) in [5.41, 5.74) is 0.118. The molecule has 1 saturated heterocycles. The van der Waals surface area contributed by atoms with Crippen LogP contribution in [0.1, 0.15) is 18.9 Å². The lowest BCUT2D eigenvalue weighted by atomic mass is 9.97. The summed E-state index contributed by atoms with van der Waals surface area (Å²) >= 11 is 0. The maximum Gasteiger partial charge on any atom is 0.134 e. The molecule has 2 unspecified atom stereocenters. The summed E-state index contributed by atoms with van der Waals surface area (Å²) < 4.78 is 5.40. The Kier molecular flexibility index (Phi) is 3.68. The molecule has 1 aromatic rings. The van der Waals surface area contributed by atoms with Crippen molar-refractivity contribution < 1.29 is 9.84 Å². The fraction of sp³-hybridized carbons (Fsp3) is 0.667. The molecule has 18 heavy (non-hydrogen) atoms. The topological polar surface area (TPSA) is 79.3 Å². The van der Waals surface area contributed by atoms with Crippen LogP contribution in [0.4, 0.5) is 11.6 Å². The number of hydrogen-bond acceptors (Lipinski definition) is 6. The molecule has 1 aliphatic heterocycles. The van der Waals surface area contributed by atoms with E-state index in [0.29, 0.717) is 19.6 Å². The summed E-state index contributed by atoms with van der Waals surface area (Å²) in [6, 6.07) is 0. The Morgan fingerprint density at radius 1 is 1.50 bits per heavy atom. The zero-order valence-electron chi connectivity index (χ0n) is 11.0. The summed E-state index contributed by atoms with van der Waals surface area (Å²) in [5, 5.41) is 16.6. The van der Waals surface area contributed by atoms with Crippen LogP contribution in [0.15, 0.2) is 6.33 Å². The molecule has 0 aliphatic carbocycles. The Morgan fingerprint density at radius 2 is 2.22 bits per heavy atom.